The molecule has 0 bridgehead atoms. The highest BCUT2D eigenvalue weighted by molar-refractivity contribution is 7.10. The molecule has 0 saturated carbocycles. The second-order valence-corrected chi connectivity index (χ2v) is 8.11. The predicted molar refractivity (Wildman–Crippen MR) is 105 cm³/mol. The van der Waals surface area contributed by atoms with E-state index in [9.17, 15) is 9.90 Å². The molecular formula is C21H24N2O2S. The summed E-state index contributed by atoms with van der Waals surface area (Å²) in [6.07, 6.45) is 1.76. The predicted octanol–water partition coefficient (Wildman–Crippen LogP) is 4.05. The first-order valence-electron chi connectivity index (χ1n) is 9.19. The van der Waals surface area contributed by atoms with Crippen LogP contribution in [0.4, 0.5) is 0 Å². The molecule has 0 radical (unpaired) electrons. The number of aryl methyl sites for hydroxylation is 1. The van der Waals surface area contributed by atoms with Gasteiger partial charge in [0.15, 0.2) is 0 Å². The van der Waals surface area contributed by atoms with Gasteiger partial charge in [-0.1, -0.05) is 24.3 Å². The Bertz CT molecular complexity index is 892. The molecule has 3 heterocycles. The number of amides is 1. The molecule has 1 unspecified atom stereocenters. The van der Waals surface area contributed by atoms with Gasteiger partial charge in [0.25, 0.3) is 0 Å². The smallest absolute Gasteiger partial charge is 0.227 e. The third-order valence-electron chi connectivity index (χ3n) is 5.53. The Balaban J connectivity index is 1.40. The van der Waals surface area contributed by atoms with E-state index in [0.29, 0.717) is 6.42 Å². The molecule has 136 valence electrons. The minimum Gasteiger partial charge on any atom is -0.387 e. The molecule has 2 aromatic heterocycles. The van der Waals surface area contributed by atoms with Crippen LogP contribution in [0.3, 0.4) is 0 Å². The van der Waals surface area contributed by atoms with E-state index in [0.717, 1.165) is 53.0 Å². The van der Waals surface area contributed by atoms with E-state index in [1.54, 1.807) is 11.3 Å². The molecule has 26 heavy (non-hydrogen) atoms. The number of aromatic amines is 1. The number of nitrogens with one attached hydrogen (secondary N) is 1. The van der Waals surface area contributed by atoms with Crippen molar-refractivity contribution in [3.63, 3.8) is 0 Å². The Hall–Kier alpha value is -2.11. The Morgan fingerprint density at radius 2 is 2.04 bits per heavy atom. The molecule has 4 nitrogen and oxygen atoms in total. The summed E-state index contributed by atoms with van der Waals surface area (Å²) in [5.74, 6) is 0.425. The van der Waals surface area contributed by atoms with Crippen LogP contribution in [0.15, 0.2) is 41.8 Å². The molecule has 1 aliphatic heterocycles. The fourth-order valence-corrected chi connectivity index (χ4v) is 4.79. The van der Waals surface area contributed by atoms with Crippen molar-refractivity contribution < 1.29 is 9.90 Å². The van der Waals surface area contributed by atoms with Gasteiger partial charge in [-0.05, 0) is 48.8 Å². The Kier molecular flexibility index (Phi) is 4.83. The number of aromatic nitrogens is 1. The lowest BCUT2D eigenvalue weighted by Gasteiger charge is -2.34. The summed E-state index contributed by atoms with van der Waals surface area (Å²) < 4.78 is 0. The summed E-state index contributed by atoms with van der Waals surface area (Å²) in [5, 5.41) is 13.7. The van der Waals surface area contributed by atoms with Crippen LogP contribution in [-0.4, -0.2) is 34.0 Å². The third kappa shape index (κ3) is 3.29. The van der Waals surface area contributed by atoms with Gasteiger partial charge in [0.1, 0.15) is 0 Å². The van der Waals surface area contributed by atoms with Gasteiger partial charge in [0.2, 0.25) is 5.91 Å². The van der Waals surface area contributed by atoms with Gasteiger partial charge in [0.05, 0.1) is 12.5 Å². The van der Waals surface area contributed by atoms with Crippen LogP contribution in [0.25, 0.3) is 10.9 Å². The number of carbonyl (C=O) groups excluding carboxylic acids is 1. The van der Waals surface area contributed by atoms with Crippen LogP contribution in [0.1, 0.15) is 35.1 Å². The average molecular weight is 369 g/mol. The number of para-hydroxylation sites is 1. The van der Waals surface area contributed by atoms with Crippen molar-refractivity contribution in [2.75, 3.05) is 13.1 Å². The van der Waals surface area contributed by atoms with Crippen LogP contribution < -0.4 is 0 Å². The fourth-order valence-electron chi connectivity index (χ4n) is 3.98. The highest BCUT2D eigenvalue weighted by Gasteiger charge is 2.29. The molecule has 4 rings (SSSR count). The number of benzene rings is 1. The number of H-pyrrole nitrogens is 1. The van der Waals surface area contributed by atoms with Crippen molar-refractivity contribution >= 4 is 28.1 Å². The summed E-state index contributed by atoms with van der Waals surface area (Å²) in [5.41, 5.74) is 3.26. The molecule has 2 N–H and O–H groups in total. The number of rotatable bonds is 4. The molecule has 1 atom stereocenters. The molecule has 1 amide bonds. The molecule has 1 fully saturated rings. The second-order valence-electron chi connectivity index (χ2n) is 7.13. The topological polar surface area (TPSA) is 56.3 Å². The van der Waals surface area contributed by atoms with Gasteiger partial charge in [-0.3, -0.25) is 4.79 Å². The summed E-state index contributed by atoms with van der Waals surface area (Å²) in [6.45, 7) is 3.49. The van der Waals surface area contributed by atoms with Crippen LogP contribution in [-0.2, 0) is 11.2 Å². The van der Waals surface area contributed by atoms with Crippen molar-refractivity contribution in [3.8, 4) is 0 Å². The third-order valence-corrected chi connectivity index (χ3v) is 6.47. The summed E-state index contributed by atoms with van der Waals surface area (Å²) >= 11 is 1.60. The number of hydrogen-bond donors (Lipinski definition) is 2. The zero-order valence-electron chi connectivity index (χ0n) is 14.9. The van der Waals surface area contributed by atoms with E-state index in [1.165, 1.54) is 0 Å². The number of likely N-dealkylation sites (tertiary alicyclic amines) is 1. The van der Waals surface area contributed by atoms with E-state index in [2.05, 4.69) is 11.1 Å². The fraction of sp³-hybridized carbons (Fsp3) is 0.381. The van der Waals surface area contributed by atoms with Crippen molar-refractivity contribution in [1.82, 2.24) is 9.88 Å². The van der Waals surface area contributed by atoms with E-state index < -0.39 is 6.10 Å². The normalized spacial score (nSPS) is 16.9. The molecule has 5 heteroatoms. The summed E-state index contributed by atoms with van der Waals surface area (Å²) in [4.78, 5) is 19.2. The summed E-state index contributed by atoms with van der Waals surface area (Å²) in [7, 11) is 0. The highest BCUT2D eigenvalue weighted by atomic mass is 32.1. The van der Waals surface area contributed by atoms with E-state index in [-0.39, 0.29) is 11.8 Å². The first-order valence-corrected chi connectivity index (χ1v) is 10.1. The maximum absolute atomic E-state index is 12.8. The number of fused-ring (bicyclic) bond motifs is 1. The molecule has 1 aliphatic rings. The highest BCUT2D eigenvalue weighted by Crippen LogP contribution is 2.33. The standard InChI is InChI=1S/C21H24N2O2S/c1-14-17(16-5-2-3-6-18(16)22-14)13-20(24)23-10-8-15(9-11-23)21(25)19-7-4-12-26-19/h2-7,12,15,21-22,25H,8-11,13H2,1H3. The number of nitrogens with zero attached hydrogens (tertiary/aromatic N) is 1. The number of aliphatic hydroxyl groups excluding tert-OH is 1. The Morgan fingerprint density at radius 3 is 2.77 bits per heavy atom. The Morgan fingerprint density at radius 1 is 1.27 bits per heavy atom. The van der Waals surface area contributed by atoms with Crippen molar-refractivity contribution in [2.24, 2.45) is 5.92 Å². The monoisotopic (exact) mass is 368 g/mol. The Labute approximate surface area is 157 Å². The van der Waals surface area contributed by atoms with Crippen molar-refractivity contribution in [3.05, 3.63) is 57.9 Å². The van der Waals surface area contributed by atoms with E-state index >= 15 is 0 Å². The lowest BCUT2D eigenvalue weighted by Crippen LogP contribution is -2.40. The van der Waals surface area contributed by atoms with Gasteiger partial charge < -0.3 is 15.0 Å². The summed E-state index contributed by atoms with van der Waals surface area (Å²) in [6, 6.07) is 12.1. The van der Waals surface area contributed by atoms with Crippen molar-refractivity contribution in [1.29, 1.82) is 0 Å². The first-order chi connectivity index (χ1) is 12.6. The van der Waals surface area contributed by atoms with Crippen LogP contribution in [0.2, 0.25) is 0 Å². The van der Waals surface area contributed by atoms with Crippen molar-refractivity contribution in [2.45, 2.75) is 32.3 Å². The SMILES string of the molecule is Cc1[nH]c2ccccc2c1CC(=O)N1CCC(C(O)c2cccs2)CC1. The van der Waals surface area contributed by atoms with Gasteiger partial charge >= 0.3 is 0 Å². The molecule has 1 saturated heterocycles. The van der Waals surface area contributed by atoms with Gasteiger partial charge in [-0.15, -0.1) is 11.3 Å². The zero-order valence-corrected chi connectivity index (χ0v) is 15.8. The molecule has 1 aromatic carbocycles. The number of piperidine rings is 1. The van der Waals surface area contributed by atoms with E-state index in [4.69, 9.17) is 0 Å². The minimum absolute atomic E-state index is 0.182. The molecular weight excluding hydrogens is 344 g/mol. The van der Waals surface area contributed by atoms with Crippen LogP contribution in [0.5, 0.6) is 0 Å². The van der Waals surface area contributed by atoms with E-state index in [1.807, 2.05) is 47.5 Å². The molecule has 0 aliphatic carbocycles. The number of aliphatic hydroxyl groups is 1. The van der Waals surface area contributed by atoms with Gasteiger partial charge in [0, 0.05) is 34.6 Å². The second kappa shape index (κ2) is 7.25. The lowest BCUT2D eigenvalue weighted by molar-refractivity contribution is -0.132. The van der Waals surface area contributed by atoms with Gasteiger partial charge in [-0.2, -0.15) is 0 Å². The number of hydrogen-bond acceptors (Lipinski definition) is 3. The maximum Gasteiger partial charge on any atom is 0.227 e. The van der Waals surface area contributed by atoms with Gasteiger partial charge in [-0.25, -0.2) is 0 Å². The minimum atomic E-state index is -0.400. The largest absolute Gasteiger partial charge is 0.387 e. The lowest BCUT2D eigenvalue weighted by atomic mass is 9.90. The maximum atomic E-state index is 12.8. The molecule has 0 spiro atoms. The zero-order chi connectivity index (χ0) is 18.1. The van der Waals surface area contributed by atoms with Crippen LogP contribution >= 0.6 is 11.3 Å². The average Bonchev–Trinajstić information content (AvgIpc) is 3.30. The number of carbonyl (C=O) groups is 1. The first kappa shape index (κ1) is 17.3. The number of thiophene rings is 1. The molecule has 3 aromatic rings. The quantitative estimate of drug-likeness (QED) is 0.730. The van der Waals surface area contributed by atoms with Crippen LogP contribution in [0, 0.1) is 12.8 Å².